The second kappa shape index (κ2) is 10.9. The number of carbonyl (C=O) groups is 2. The molecular weight excluding hydrogens is 535 g/mol. The van der Waals surface area contributed by atoms with Crippen LogP contribution in [0.25, 0.3) is 0 Å². The number of carbonyl (C=O) groups excluding carboxylic acids is 2. The number of nitrogens with two attached hydrogens (primary N) is 1. The van der Waals surface area contributed by atoms with Crippen molar-refractivity contribution in [1.29, 1.82) is 0 Å². The lowest BCUT2D eigenvalue weighted by atomic mass is 9.52. The molecule has 0 aliphatic rings. The SMILES string of the molecule is [B]C([B])([B])Oc1cc(OC(F)(F)F)ccc1Oc1cc(Cl)cc(Cl)c1C(=O)Nc1ccc(C(N)=O)nc1. The fourth-order valence-electron chi connectivity index (χ4n) is 2.82. The standard InChI is InChI=1S/C21H11B3Cl2F3N3O5/c22-20(23,24)37-15-7-11(36-21(27,28)29)2-4-14(15)35-16-6-9(25)5-12(26)17(16)19(34)32-10-1-3-13(18(30)33)31-8-10/h1-8H,(H2,30,33)(H,32,34). The molecule has 0 saturated carbocycles. The third kappa shape index (κ3) is 7.99. The van der Waals surface area contributed by atoms with Crippen LogP contribution in [0.2, 0.25) is 10.0 Å². The minimum Gasteiger partial charge on any atom is -0.512 e. The van der Waals surface area contributed by atoms with E-state index in [1.807, 2.05) is 0 Å². The van der Waals surface area contributed by atoms with Crippen molar-refractivity contribution in [3.8, 4) is 23.0 Å². The predicted molar refractivity (Wildman–Crippen MR) is 131 cm³/mol. The molecule has 37 heavy (non-hydrogen) atoms. The highest BCUT2D eigenvalue weighted by atomic mass is 35.5. The van der Waals surface area contributed by atoms with E-state index < -0.39 is 35.0 Å². The molecule has 0 aliphatic carbocycles. The van der Waals surface area contributed by atoms with Gasteiger partial charge in [0.05, 0.1) is 16.9 Å². The van der Waals surface area contributed by atoms with E-state index in [0.717, 1.165) is 18.2 Å². The number of alkyl halides is 3. The van der Waals surface area contributed by atoms with Crippen LogP contribution in [-0.4, -0.2) is 52.0 Å². The van der Waals surface area contributed by atoms with Gasteiger partial charge < -0.3 is 25.3 Å². The Morgan fingerprint density at radius 2 is 1.65 bits per heavy atom. The number of nitrogens with zero attached hydrogens (tertiary/aromatic N) is 1. The number of rotatable bonds is 8. The van der Waals surface area contributed by atoms with Crippen molar-refractivity contribution in [2.45, 2.75) is 11.7 Å². The number of benzene rings is 2. The Morgan fingerprint density at radius 3 is 2.22 bits per heavy atom. The maximum Gasteiger partial charge on any atom is 0.573 e. The van der Waals surface area contributed by atoms with Gasteiger partial charge in [-0.05, 0) is 35.6 Å². The van der Waals surface area contributed by atoms with Crippen LogP contribution in [-0.2, 0) is 0 Å². The first kappa shape index (κ1) is 28.1. The van der Waals surface area contributed by atoms with Gasteiger partial charge in [0.15, 0.2) is 11.5 Å². The minimum atomic E-state index is -5.01. The first-order chi connectivity index (χ1) is 17.1. The minimum absolute atomic E-state index is 0.0344. The van der Waals surface area contributed by atoms with E-state index in [0.29, 0.717) is 0 Å². The summed E-state index contributed by atoms with van der Waals surface area (Å²) >= 11 is 12.3. The predicted octanol–water partition coefficient (Wildman–Crippen LogP) is 3.93. The molecule has 0 aliphatic heterocycles. The first-order valence-corrected chi connectivity index (χ1v) is 10.6. The van der Waals surface area contributed by atoms with Crippen molar-refractivity contribution in [3.63, 3.8) is 0 Å². The smallest absolute Gasteiger partial charge is 0.512 e. The summed E-state index contributed by atoms with van der Waals surface area (Å²) in [7, 11) is 16.3. The molecule has 3 N–H and O–H groups in total. The van der Waals surface area contributed by atoms with E-state index >= 15 is 0 Å². The van der Waals surface area contributed by atoms with Crippen molar-refractivity contribution in [2.75, 3.05) is 5.32 Å². The van der Waals surface area contributed by atoms with Crippen LogP contribution >= 0.6 is 23.2 Å². The van der Waals surface area contributed by atoms with Crippen LogP contribution in [0.5, 0.6) is 23.0 Å². The molecule has 2 aromatic carbocycles. The molecule has 16 heteroatoms. The van der Waals surface area contributed by atoms with E-state index in [2.05, 4.69) is 15.0 Å². The number of aromatic nitrogens is 1. The number of amides is 2. The largest absolute Gasteiger partial charge is 0.573 e. The third-order valence-electron chi connectivity index (χ3n) is 4.18. The van der Waals surface area contributed by atoms with E-state index in [1.54, 1.807) is 0 Å². The molecule has 3 aromatic rings. The Hall–Kier alpha value is -3.51. The summed E-state index contributed by atoms with van der Waals surface area (Å²) in [5.41, 5.74) is 5.05. The van der Waals surface area contributed by atoms with Crippen molar-refractivity contribution in [3.05, 3.63) is 70.0 Å². The van der Waals surface area contributed by atoms with Gasteiger partial charge in [0, 0.05) is 17.2 Å². The molecule has 0 atom stereocenters. The van der Waals surface area contributed by atoms with E-state index in [1.165, 1.54) is 30.5 Å². The zero-order chi connectivity index (χ0) is 27.5. The van der Waals surface area contributed by atoms with Gasteiger partial charge in [0.2, 0.25) is 0 Å². The highest BCUT2D eigenvalue weighted by molar-refractivity contribution is 6.58. The Balaban J connectivity index is 1.99. The van der Waals surface area contributed by atoms with Crippen molar-refractivity contribution in [1.82, 2.24) is 4.98 Å². The summed E-state index contributed by atoms with van der Waals surface area (Å²) in [5, 5.41) is 0.0771. The van der Waals surface area contributed by atoms with Gasteiger partial charge in [-0.1, -0.05) is 23.2 Å². The van der Waals surface area contributed by atoms with Crippen LogP contribution in [0.3, 0.4) is 0 Å². The Labute approximate surface area is 221 Å². The quantitative estimate of drug-likeness (QED) is 0.415. The number of primary amides is 1. The molecule has 8 nitrogen and oxygen atoms in total. The van der Waals surface area contributed by atoms with Crippen LogP contribution in [0.4, 0.5) is 18.9 Å². The Bertz CT molecular complexity index is 1340. The number of halogens is 5. The maximum absolute atomic E-state index is 13.0. The summed E-state index contributed by atoms with van der Waals surface area (Å²) in [4.78, 5) is 28.0. The summed E-state index contributed by atoms with van der Waals surface area (Å²) in [6.07, 6.45) is -3.84. The maximum atomic E-state index is 13.0. The number of hydrogen-bond acceptors (Lipinski definition) is 6. The number of hydrogen-bond donors (Lipinski definition) is 2. The van der Waals surface area contributed by atoms with Gasteiger partial charge in [-0.2, -0.15) is 0 Å². The second-order valence-corrected chi connectivity index (χ2v) is 8.07. The number of ether oxygens (including phenoxy) is 3. The number of pyridine rings is 1. The molecule has 0 saturated heterocycles. The zero-order valence-electron chi connectivity index (χ0n) is 18.3. The summed E-state index contributed by atoms with van der Waals surface area (Å²) in [6, 6.07) is 7.80. The molecule has 6 radical (unpaired) electrons. The average Bonchev–Trinajstić information content (AvgIpc) is 2.73. The molecule has 0 unspecified atom stereocenters. The monoisotopic (exact) mass is 545 g/mol. The van der Waals surface area contributed by atoms with E-state index in [4.69, 9.17) is 61.9 Å². The fourth-order valence-corrected chi connectivity index (χ4v) is 3.38. The fraction of sp³-hybridized carbons (Fsp3) is 0.0952. The molecule has 0 bridgehead atoms. The first-order valence-electron chi connectivity index (χ1n) is 9.81. The molecule has 0 fully saturated rings. The second-order valence-electron chi connectivity index (χ2n) is 7.23. The summed E-state index contributed by atoms with van der Waals surface area (Å²) < 4.78 is 52.6. The summed E-state index contributed by atoms with van der Waals surface area (Å²) in [6.45, 7) is 0. The molecule has 184 valence electrons. The topological polar surface area (TPSA) is 113 Å². The molecule has 0 spiro atoms. The van der Waals surface area contributed by atoms with Crippen LogP contribution in [0.1, 0.15) is 20.8 Å². The normalized spacial score (nSPS) is 11.5. The zero-order valence-corrected chi connectivity index (χ0v) is 19.8. The van der Waals surface area contributed by atoms with Crippen LogP contribution in [0.15, 0.2) is 48.7 Å². The lowest BCUT2D eigenvalue weighted by molar-refractivity contribution is -0.274. The van der Waals surface area contributed by atoms with Crippen molar-refractivity contribution in [2.24, 2.45) is 5.73 Å². The lowest BCUT2D eigenvalue weighted by Crippen LogP contribution is -2.37. The van der Waals surface area contributed by atoms with Gasteiger partial charge in [-0.25, -0.2) is 4.98 Å². The average molecular weight is 546 g/mol. The highest BCUT2D eigenvalue weighted by Gasteiger charge is 2.32. The van der Waals surface area contributed by atoms with Crippen molar-refractivity contribution < 1.29 is 37.0 Å². The van der Waals surface area contributed by atoms with Gasteiger partial charge in [-0.15, -0.1) is 13.2 Å². The Kier molecular flexibility index (Phi) is 8.23. The van der Waals surface area contributed by atoms with Crippen LogP contribution < -0.4 is 25.3 Å². The highest BCUT2D eigenvalue weighted by Crippen LogP contribution is 2.40. The number of nitrogens with one attached hydrogen (secondary N) is 1. The van der Waals surface area contributed by atoms with Gasteiger partial charge in [0.1, 0.15) is 46.3 Å². The molecule has 2 amide bonds. The molecule has 1 aromatic heterocycles. The van der Waals surface area contributed by atoms with Crippen molar-refractivity contribution >= 4 is 64.2 Å². The van der Waals surface area contributed by atoms with Gasteiger partial charge in [0.25, 0.3) is 11.8 Å². The van der Waals surface area contributed by atoms with Gasteiger partial charge in [-0.3, -0.25) is 9.59 Å². The third-order valence-corrected chi connectivity index (χ3v) is 4.69. The van der Waals surface area contributed by atoms with E-state index in [-0.39, 0.29) is 38.5 Å². The van der Waals surface area contributed by atoms with Crippen LogP contribution in [0, 0.1) is 0 Å². The molecule has 3 rings (SSSR count). The van der Waals surface area contributed by atoms with Gasteiger partial charge >= 0.3 is 6.36 Å². The molecular formula is C21H11B3Cl2F3N3O5. The molecule has 1 heterocycles. The summed E-state index contributed by atoms with van der Waals surface area (Å²) in [5.74, 6) is -3.25. The van der Waals surface area contributed by atoms with E-state index in [9.17, 15) is 22.8 Å². The number of anilines is 1. The lowest BCUT2D eigenvalue weighted by Gasteiger charge is -2.25. The Morgan fingerprint density at radius 1 is 0.946 bits per heavy atom.